The van der Waals surface area contributed by atoms with Crippen molar-refractivity contribution in [1.29, 1.82) is 0 Å². The zero-order valence-corrected chi connectivity index (χ0v) is 8.74. The van der Waals surface area contributed by atoms with Gasteiger partial charge in [0.2, 0.25) is 0 Å². The Morgan fingerprint density at radius 2 is 1.79 bits per heavy atom. The molecule has 0 spiro atoms. The van der Waals surface area contributed by atoms with Crippen molar-refractivity contribution >= 4 is 6.09 Å². The number of carbonyl (C=O) groups excluding carboxylic acids is 1. The van der Waals surface area contributed by atoms with Crippen molar-refractivity contribution in [2.24, 2.45) is 5.73 Å². The molecule has 0 saturated heterocycles. The number of amides is 1. The smallest absolute Gasteiger partial charge is 0.389 e. The van der Waals surface area contributed by atoms with E-state index in [9.17, 15) is 4.79 Å². The minimum absolute atomic E-state index is 0.0301. The Balaban J connectivity index is 4.45. The molecule has 84 valence electrons. The normalized spacial score (nSPS) is 11.4. The van der Waals surface area contributed by atoms with Gasteiger partial charge in [-0.2, -0.15) is 0 Å². The van der Waals surface area contributed by atoms with Gasteiger partial charge >= 0.3 is 12.1 Å². The molecule has 0 aliphatic rings. The van der Waals surface area contributed by atoms with Crippen LogP contribution in [0.3, 0.4) is 0 Å². The first-order chi connectivity index (χ1) is 6.60. The highest BCUT2D eigenvalue weighted by Gasteiger charge is 2.36. The van der Waals surface area contributed by atoms with E-state index in [0.717, 1.165) is 0 Å². The van der Waals surface area contributed by atoms with Gasteiger partial charge in [0.1, 0.15) is 6.61 Å². The van der Waals surface area contributed by atoms with Crippen molar-refractivity contribution in [3.8, 4) is 0 Å². The summed E-state index contributed by atoms with van der Waals surface area (Å²) in [6, 6.07) is 0. The van der Waals surface area contributed by atoms with E-state index in [1.165, 1.54) is 7.11 Å². The molecule has 1 amide bonds. The molecule has 0 radical (unpaired) electrons. The fourth-order valence-electron chi connectivity index (χ4n) is 0.983. The maximum absolute atomic E-state index is 10.6. The second kappa shape index (κ2) is 6.58. The highest BCUT2D eigenvalue weighted by Crippen LogP contribution is 2.15. The van der Waals surface area contributed by atoms with Gasteiger partial charge < -0.3 is 24.7 Å². The molecule has 0 atom stereocenters. The van der Waals surface area contributed by atoms with Crippen molar-refractivity contribution in [3.63, 3.8) is 0 Å². The van der Waals surface area contributed by atoms with Crippen molar-refractivity contribution in [1.82, 2.24) is 0 Å². The number of hydrogen-bond donors (Lipinski definition) is 1. The molecule has 0 aliphatic carbocycles. The first kappa shape index (κ1) is 13.2. The lowest BCUT2D eigenvalue weighted by Gasteiger charge is -2.30. The Hall–Kier alpha value is -0.850. The monoisotopic (exact) mass is 207 g/mol. The molecule has 0 bridgehead atoms. The summed E-state index contributed by atoms with van der Waals surface area (Å²) in [7, 11) is 1.44. The third-order valence-electron chi connectivity index (χ3n) is 1.31. The van der Waals surface area contributed by atoms with Crippen LogP contribution in [-0.2, 0) is 18.9 Å². The molecule has 6 heteroatoms. The number of carbonyl (C=O) groups is 1. The summed E-state index contributed by atoms with van der Waals surface area (Å²) in [5, 5.41) is 0. The summed E-state index contributed by atoms with van der Waals surface area (Å²) >= 11 is 0. The van der Waals surface area contributed by atoms with Crippen LogP contribution < -0.4 is 5.73 Å². The molecule has 0 aromatic rings. The minimum Gasteiger partial charge on any atom is -0.389 e. The number of methoxy groups -OCH3 is 1. The summed E-state index contributed by atoms with van der Waals surface area (Å²) in [6.45, 7) is 4.09. The van der Waals surface area contributed by atoms with Crippen LogP contribution >= 0.6 is 0 Å². The van der Waals surface area contributed by atoms with Gasteiger partial charge in [0.25, 0.3) is 0 Å². The van der Waals surface area contributed by atoms with Crippen LogP contribution in [0.15, 0.2) is 0 Å². The topological polar surface area (TPSA) is 80.0 Å². The largest absolute Gasteiger partial charge is 0.408 e. The van der Waals surface area contributed by atoms with E-state index in [1.54, 1.807) is 13.8 Å². The zero-order chi connectivity index (χ0) is 11.0. The summed E-state index contributed by atoms with van der Waals surface area (Å²) in [4.78, 5) is 10.6. The second-order valence-corrected chi connectivity index (χ2v) is 2.40. The Morgan fingerprint density at radius 1 is 1.29 bits per heavy atom. The third-order valence-corrected chi connectivity index (χ3v) is 1.31. The van der Waals surface area contributed by atoms with Gasteiger partial charge in [-0.1, -0.05) is 0 Å². The van der Waals surface area contributed by atoms with E-state index in [0.29, 0.717) is 13.2 Å². The van der Waals surface area contributed by atoms with E-state index >= 15 is 0 Å². The molecule has 0 fully saturated rings. The Morgan fingerprint density at radius 3 is 2.07 bits per heavy atom. The van der Waals surface area contributed by atoms with E-state index in [-0.39, 0.29) is 6.61 Å². The lowest BCUT2D eigenvalue weighted by atomic mass is 10.5. The number of ether oxygens (including phenoxy) is 4. The second-order valence-electron chi connectivity index (χ2n) is 2.40. The SMILES string of the molecule is CCOC(COC)(OCC)OC(N)=O. The van der Waals surface area contributed by atoms with Crippen molar-refractivity contribution in [2.45, 2.75) is 19.8 Å². The average Bonchev–Trinajstić information content (AvgIpc) is 2.03. The Kier molecular flexibility index (Phi) is 6.18. The Bertz CT molecular complexity index is 156. The highest BCUT2D eigenvalue weighted by atomic mass is 16.9. The van der Waals surface area contributed by atoms with E-state index in [2.05, 4.69) is 0 Å². The zero-order valence-electron chi connectivity index (χ0n) is 8.74. The van der Waals surface area contributed by atoms with Crippen LogP contribution in [0.5, 0.6) is 0 Å². The molecular weight excluding hydrogens is 190 g/mol. The molecule has 0 aliphatic heterocycles. The van der Waals surface area contributed by atoms with Gasteiger partial charge in [-0.3, -0.25) is 0 Å². The van der Waals surface area contributed by atoms with Crippen LogP contribution in [0.2, 0.25) is 0 Å². The molecule has 0 aromatic heterocycles. The predicted molar refractivity (Wildman–Crippen MR) is 48.5 cm³/mol. The molecule has 0 rings (SSSR count). The van der Waals surface area contributed by atoms with E-state index in [4.69, 9.17) is 24.7 Å². The standard InChI is InChI=1S/C8H17NO5/c1-4-12-8(6-11-3,13-5-2)14-7(9)10/h4-6H2,1-3H3,(H2,9,10). The lowest BCUT2D eigenvalue weighted by molar-refractivity contribution is -0.366. The average molecular weight is 207 g/mol. The summed E-state index contributed by atoms with van der Waals surface area (Å²) in [5.74, 6) is -1.52. The quantitative estimate of drug-likeness (QED) is 0.613. The maximum Gasteiger partial charge on any atom is 0.408 e. The van der Waals surface area contributed by atoms with Crippen molar-refractivity contribution in [3.05, 3.63) is 0 Å². The molecule has 0 heterocycles. The number of primary amides is 1. The molecular formula is C8H17NO5. The molecule has 0 unspecified atom stereocenters. The first-order valence-electron chi connectivity index (χ1n) is 4.35. The van der Waals surface area contributed by atoms with Gasteiger partial charge in [-0.15, -0.1) is 0 Å². The maximum atomic E-state index is 10.6. The van der Waals surface area contributed by atoms with Gasteiger partial charge in [-0.25, -0.2) is 4.79 Å². The van der Waals surface area contributed by atoms with Gasteiger partial charge in [0.15, 0.2) is 0 Å². The number of nitrogens with two attached hydrogens (primary N) is 1. The van der Waals surface area contributed by atoms with Crippen LogP contribution in [-0.4, -0.2) is 39.0 Å². The summed E-state index contributed by atoms with van der Waals surface area (Å²) < 4.78 is 19.9. The van der Waals surface area contributed by atoms with Crippen molar-refractivity contribution < 1.29 is 23.7 Å². The summed E-state index contributed by atoms with van der Waals surface area (Å²) in [5.41, 5.74) is 4.89. The van der Waals surface area contributed by atoms with Gasteiger partial charge in [-0.05, 0) is 13.8 Å². The lowest BCUT2D eigenvalue weighted by Crippen LogP contribution is -2.46. The predicted octanol–water partition coefficient (Wildman–Crippen LogP) is 0.455. The highest BCUT2D eigenvalue weighted by molar-refractivity contribution is 5.64. The third kappa shape index (κ3) is 4.40. The molecule has 2 N–H and O–H groups in total. The van der Waals surface area contributed by atoms with Gasteiger partial charge in [0.05, 0.1) is 13.2 Å². The summed E-state index contributed by atoms with van der Waals surface area (Å²) in [6.07, 6.45) is -0.969. The first-order valence-corrected chi connectivity index (χ1v) is 4.35. The molecule has 14 heavy (non-hydrogen) atoms. The van der Waals surface area contributed by atoms with E-state index < -0.39 is 12.1 Å². The van der Waals surface area contributed by atoms with Crippen LogP contribution in [0.1, 0.15) is 13.8 Å². The van der Waals surface area contributed by atoms with Crippen molar-refractivity contribution in [2.75, 3.05) is 26.9 Å². The van der Waals surface area contributed by atoms with E-state index in [1.807, 2.05) is 0 Å². The minimum atomic E-state index is -1.52. The fraction of sp³-hybridized carbons (Fsp3) is 0.875. The van der Waals surface area contributed by atoms with Crippen LogP contribution in [0.4, 0.5) is 4.79 Å². The molecule has 0 saturated carbocycles. The number of rotatable bonds is 7. The fourth-order valence-corrected chi connectivity index (χ4v) is 0.983. The Labute approximate surface area is 83.2 Å². The molecule has 0 aromatic carbocycles. The number of hydrogen-bond acceptors (Lipinski definition) is 5. The van der Waals surface area contributed by atoms with Crippen LogP contribution in [0.25, 0.3) is 0 Å². The van der Waals surface area contributed by atoms with Gasteiger partial charge in [0, 0.05) is 7.11 Å². The van der Waals surface area contributed by atoms with Crippen LogP contribution in [0, 0.1) is 0 Å². The molecule has 6 nitrogen and oxygen atoms in total.